The summed E-state index contributed by atoms with van der Waals surface area (Å²) in [5, 5.41) is 36.4. The van der Waals surface area contributed by atoms with Crippen molar-refractivity contribution in [3.63, 3.8) is 0 Å². The minimum Gasteiger partial charge on any atom is -0.493 e. The Hall–Kier alpha value is -6.42. The molecule has 54 heavy (non-hydrogen) atoms. The average molecular weight is 730 g/mol. The molecule has 0 atom stereocenters. The summed E-state index contributed by atoms with van der Waals surface area (Å²) in [6.45, 7) is 2.15. The molecule has 7 aromatic rings. The Morgan fingerprint density at radius 3 is 0.981 bits per heavy atom. The molecule has 3 aromatic carbocycles. The molecule has 0 spiro atoms. The summed E-state index contributed by atoms with van der Waals surface area (Å²) in [7, 11) is 0. The van der Waals surface area contributed by atoms with Crippen molar-refractivity contribution in [2.45, 2.75) is 19.3 Å². The number of aromatic hydroxyl groups is 3. The summed E-state index contributed by atoms with van der Waals surface area (Å²) in [6.07, 6.45) is 1.75. The molecule has 276 valence electrons. The van der Waals surface area contributed by atoms with E-state index in [9.17, 15) is 15.3 Å². The molecular weight excluding hydrogens is 690 g/mol. The SMILES string of the molecule is NCCCOc1cc2nc3c(cccc13)nc(O)c1cc(OCCCN)c3cccc(nc(O)c4cc(OCCCN)c5cccc(nc2O)c5n4)c3n1. The highest BCUT2D eigenvalue weighted by molar-refractivity contribution is 6.01. The number of hydrogen-bond donors (Lipinski definition) is 6. The maximum atomic E-state index is 11.6. The predicted molar refractivity (Wildman–Crippen MR) is 207 cm³/mol. The number of pyridine rings is 3. The molecule has 0 saturated carbocycles. The number of ether oxygens (including phenoxy) is 3. The van der Waals surface area contributed by atoms with Gasteiger partial charge in [-0.2, -0.15) is 0 Å². The van der Waals surface area contributed by atoms with Crippen LogP contribution in [0.5, 0.6) is 34.9 Å². The van der Waals surface area contributed by atoms with Gasteiger partial charge in [0.25, 0.3) is 0 Å². The van der Waals surface area contributed by atoms with Gasteiger partial charge in [0.15, 0.2) is 0 Å². The number of aromatic nitrogens is 6. The molecule has 6 bridgehead atoms. The van der Waals surface area contributed by atoms with E-state index in [4.69, 9.17) is 46.4 Å². The molecule has 0 aliphatic heterocycles. The zero-order valence-corrected chi connectivity index (χ0v) is 29.3. The molecule has 0 saturated heterocycles. The van der Waals surface area contributed by atoms with Gasteiger partial charge in [0.2, 0.25) is 17.6 Å². The molecule has 0 unspecified atom stereocenters. The van der Waals surface area contributed by atoms with E-state index in [0.29, 0.717) is 109 Å². The molecule has 0 aliphatic carbocycles. The van der Waals surface area contributed by atoms with E-state index >= 15 is 0 Å². The molecule has 7 rings (SSSR count). The normalized spacial score (nSPS) is 11.4. The Morgan fingerprint density at radius 2 is 0.704 bits per heavy atom. The van der Waals surface area contributed by atoms with Gasteiger partial charge in [-0.1, -0.05) is 18.2 Å². The number of rotatable bonds is 12. The van der Waals surface area contributed by atoms with Gasteiger partial charge in [0.1, 0.15) is 50.3 Å². The van der Waals surface area contributed by atoms with Crippen LogP contribution in [0.2, 0.25) is 0 Å². The lowest BCUT2D eigenvalue weighted by Crippen LogP contribution is -2.06. The van der Waals surface area contributed by atoms with Gasteiger partial charge in [-0.3, -0.25) is 0 Å². The average Bonchev–Trinajstić information content (AvgIpc) is 3.18. The highest BCUT2D eigenvalue weighted by atomic mass is 16.5. The summed E-state index contributed by atoms with van der Waals surface area (Å²) in [5.74, 6) is -0.157. The van der Waals surface area contributed by atoms with Crippen LogP contribution < -0.4 is 31.4 Å². The van der Waals surface area contributed by atoms with Gasteiger partial charge in [0, 0.05) is 34.4 Å². The summed E-state index contributed by atoms with van der Waals surface area (Å²) >= 11 is 0. The van der Waals surface area contributed by atoms with Gasteiger partial charge in [-0.25, -0.2) is 29.9 Å². The Bertz CT molecular complexity index is 2340. The van der Waals surface area contributed by atoms with E-state index in [2.05, 4.69) is 15.0 Å². The standard InChI is InChI=1S/C39H39N9O6/c40-13-4-16-52-31-19-28-38(50)47-27-12-3-9-24-33(54-18-6-15-42)21-30(45-36(24)27)39(51)48-26-11-2-8-23-32(53-17-5-14-41)20-29(44-35(23)26)37(49)46-25-10-1-7-22(31)34(25)43-28/h1-3,7-12,19-21H,4-6,13-18,40-42H2,(H,46,49)(H,47,50)(H,48,51). The lowest BCUT2D eigenvalue weighted by atomic mass is 10.1. The Morgan fingerprint density at radius 1 is 0.407 bits per heavy atom. The Kier molecular flexibility index (Phi) is 10.7. The van der Waals surface area contributed by atoms with Crippen LogP contribution >= 0.6 is 0 Å². The van der Waals surface area contributed by atoms with Crippen LogP contribution in [0.3, 0.4) is 0 Å². The van der Waals surface area contributed by atoms with E-state index in [1.165, 1.54) is 0 Å². The van der Waals surface area contributed by atoms with Crippen molar-refractivity contribution in [1.29, 1.82) is 0 Å². The Balaban J connectivity index is 1.66. The molecule has 0 amide bonds. The van der Waals surface area contributed by atoms with Gasteiger partial charge < -0.3 is 46.7 Å². The minimum absolute atomic E-state index is 0.0644. The first-order chi connectivity index (χ1) is 26.4. The van der Waals surface area contributed by atoms with Crippen molar-refractivity contribution in [2.24, 2.45) is 17.2 Å². The van der Waals surface area contributed by atoms with Crippen LogP contribution in [-0.2, 0) is 0 Å². The largest absolute Gasteiger partial charge is 0.493 e. The smallest absolute Gasteiger partial charge is 0.238 e. The second kappa shape index (κ2) is 16.1. The third-order valence-electron chi connectivity index (χ3n) is 8.53. The highest BCUT2D eigenvalue weighted by Gasteiger charge is 2.15. The van der Waals surface area contributed by atoms with Crippen LogP contribution in [0.25, 0.3) is 65.8 Å². The molecule has 4 heterocycles. The number of nitrogens with zero attached hydrogens (tertiary/aromatic N) is 6. The maximum absolute atomic E-state index is 11.6. The predicted octanol–water partition coefficient (Wildman–Crippen LogP) is 4.96. The van der Waals surface area contributed by atoms with E-state index in [1.54, 1.807) is 72.8 Å². The number of fused-ring (bicyclic) bond motifs is 3. The van der Waals surface area contributed by atoms with Gasteiger partial charge in [-0.05, 0) is 75.3 Å². The molecule has 9 N–H and O–H groups in total. The summed E-state index contributed by atoms with van der Waals surface area (Å²) in [6, 6.07) is 20.4. The molecule has 15 nitrogen and oxygen atoms in total. The fourth-order valence-electron chi connectivity index (χ4n) is 5.89. The van der Waals surface area contributed by atoms with Gasteiger partial charge in [-0.15, -0.1) is 0 Å². The summed E-state index contributed by atoms with van der Waals surface area (Å²) < 4.78 is 18.4. The van der Waals surface area contributed by atoms with Crippen LogP contribution in [0.4, 0.5) is 0 Å². The van der Waals surface area contributed by atoms with Crippen molar-refractivity contribution in [2.75, 3.05) is 39.5 Å². The van der Waals surface area contributed by atoms with Crippen molar-refractivity contribution in [3.8, 4) is 34.9 Å². The van der Waals surface area contributed by atoms with Crippen LogP contribution in [0.1, 0.15) is 19.3 Å². The van der Waals surface area contributed by atoms with Crippen LogP contribution in [0, 0.1) is 0 Å². The second-order valence-electron chi connectivity index (χ2n) is 12.3. The first kappa shape index (κ1) is 36.0. The van der Waals surface area contributed by atoms with Gasteiger partial charge >= 0.3 is 0 Å². The molecule has 15 heteroatoms. The third-order valence-corrected chi connectivity index (χ3v) is 8.53. The topological polar surface area (TPSA) is 244 Å². The maximum Gasteiger partial charge on any atom is 0.238 e. The summed E-state index contributed by atoms with van der Waals surface area (Å²) in [5.41, 5.74) is 19.2. The van der Waals surface area contributed by atoms with Crippen molar-refractivity contribution >= 4 is 65.8 Å². The lowest BCUT2D eigenvalue weighted by molar-refractivity contribution is 0.317. The first-order valence-electron chi connectivity index (χ1n) is 17.5. The van der Waals surface area contributed by atoms with Crippen molar-refractivity contribution in [1.82, 2.24) is 29.9 Å². The molecule has 0 radical (unpaired) electrons. The van der Waals surface area contributed by atoms with E-state index in [1.807, 2.05) is 0 Å². The zero-order chi connectivity index (χ0) is 37.6. The lowest BCUT2D eigenvalue weighted by Gasteiger charge is -2.11. The summed E-state index contributed by atoms with van der Waals surface area (Å²) in [4.78, 5) is 27.9. The van der Waals surface area contributed by atoms with Crippen LogP contribution in [0.15, 0.2) is 72.8 Å². The van der Waals surface area contributed by atoms with E-state index in [-0.39, 0.29) is 33.1 Å². The number of benzene rings is 3. The first-order valence-corrected chi connectivity index (χ1v) is 17.5. The fourth-order valence-corrected chi connectivity index (χ4v) is 5.89. The molecule has 4 aromatic heterocycles. The molecular formula is C39H39N9O6. The minimum atomic E-state index is -0.451. The zero-order valence-electron chi connectivity index (χ0n) is 29.3. The van der Waals surface area contributed by atoms with E-state index in [0.717, 1.165) is 0 Å². The van der Waals surface area contributed by atoms with Crippen LogP contribution in [-0.4, -0.2) is 84.7 Å². The number of para-hydroxylation sites is 3. The quantitative estimate of drug-likeness (QED) is 0.0910. The van der Waals surface area contributed by atoms with Gasteiger partial charge in [0.05, 0.1) is 36.4 Å². The fraction of sp³-hybridized carbons (Fsp3) is 0.231. The van der Waals surface area contributed by atoms with Crippen molar-refractivity contribution in [3.05, 3.63) is 72.8 Å². The van der Waals surface area contributed by atoms with Crippen molar-refractivity contribution < 1.29 is 29.5 Å². The third kappa shape index (κ3) is 7.41. The highest BCUT2D eigenvalue weighted by Crippen LogP contribution is 2.35. The molecule has 0 fully saturated rings. The number of nitrogens with two attached hydrogens (primary N) is 3. The second-order valence-corrected chi connectivity index (χ2v) is 12.3. The molecule has 0 aliphatic rings. The Labute approximate surface area is 308 Å². The monoisotopic (exact) mass is 729 g/mol. The van der Waals surface area contributed by atoms with E-state index < -0.39 is 17.6 Å². The number of hydrogen-bond acceptors (Lipinski definition) is 15.